The third-order valence-corrected chi connectivity index (χ3v) is 5.75. The number of para-hydroxylation sites is 1. The molecule has 0 bridgehead atoms. The maximum absolute atomic E-state index is 13.3. The van der Waals surface area contributed by atoms with E-state index >= 15 is 0 Å². The van der Waals surface area contributed by atoms with Crippen LogP contribution in [0.4, 0.5) is 18.9 Å². The van der Waals surface area contributed by atoms with E-state index < -0.39 is 11.7 Å². The number of nitrogens with zero attached hydrogens (tertiary/aromatic N) is 3. The lowest BCUT2D eigenvalue weighted by Crippen LogP contribution is -2.23. The number of hydrogen-bond acceptors (Lipinski definition) is 4. The Balaban J connectivity index is 1.74. The molecule has 0 spiro atoms. The quantitative estimate of drug-likeness (QED) is 0.593. The summed E-state index contributed by atoms with van der Waals surface area (Å²) in [6, 6.07) is 13.3. The van der Waals surface area contributed by atoms with Crippen LogP contribution in [0.3, 0.4) is 0 Å². The van der Waals surface area contributed by atoms with Crippen molar-refractivity contribution in [1.29, 1.82) is 5.26 Å². The number of nitriles is 1. The highest BCUT2D eigenvalue weighted by Gasteiger charge is 2.36. The van der Waals surface area contributed by atoms with Crippen molar-refractivity contribution < 1.29 is 13.2 Å². The lowest BCUT2D eigenvalue weighted by Gasteiger charge is -2.26. The van der Waals surface area contributed by atoms with Crippen LogP contribution in [-0.2, 0) is 6.18 Å². The molecule has 0 amide bonds. The molecule has 2 aromatic carbocycles. The van der Waals surface area contributed by atoms with Gasteiger partial charge in [0.05, 0.1) is 33.5 Å². The number of benzene rings is 2. The van der Waals surface area contributed by atoms with Gasteiger partial charge >= 0.3 is 6.18 Å². The van der Waals surface area contributed by atoms with E-state index in [1.807, 2.05) is 29.2 Å². The molecular formula is C19H14F3N3S. The third-order valence-electron chi connectivity index (χ3n) is 4.61. The molecule has 26 heavy (non-hydrogen) atoms. The van der Waals surface area contributed by atoms with Gasteiger partial charge in [0, 0.05) is 12.2 Å². The molecule has 0 N–H and O–H groups in total. The molecule has 1 aromatic heterocycles. The van der Waals surface area contributed by atoms with Crippen LogP contribution in [0, 0.1) is 11.3 Å². The molecule has 1 fully saturated rings. The second-order valence-electron chi connectivity index (χ2n) is 6.21. The summed E-state index contributed by atoms with van der Waals surface area (Å²) in [6.45, 7) is 0.670. The molecule has 3 aromatic rings. The van der Waals surface area contributed by atoms with Crippen molar-refractivity contribution in [3.63, 3.8) is 0 Å². The predicted molar refractivity (Wildman–Crippen MR) is 95.1 cm³/mol. The SMILES string of the molecule is N#Cc1ccc(N2CCCC2c2nc3ccccc3s2)cc1C(F)(F)F. The van der Waals surface area contributed by atoms with Crippen molar-refractivity contribution in [2.45, 2.75) is 25.1 Å². The standard InChI is InChI=1S/C19H14F3N3S/c20-19(21,22)14-10-13(8-7-12(14)11-23)25-9-3-5-16(25)18-24-15-4-1-2-6-17(15)26-18/h1-2,4,6-8,10,16H,3,5,9H2. The molecule has 3 nitrogen and oxygen atoms in total. The Kier molecular flexibility index (Phi) is 4.08. The van der Waals surface area contributed by atoms with Crippen LogP contribution in [0.15, 0.2) is 42.5 Å². The molecule has 1 aliphatic heterocycles. The van der Waals surface area contributed by atoms with Gasteiger partial charge in [-0.05, 0) is 43.2 Å². The van der Waals surface area contributed by atoms with Gasteiger partial charge in [0.25, 0.3) is 0 Å². The molecule has 0 saturated carbocycles. The first-order valence-electron chi connectivity index (χ1n) is 8.21. The zero-order valence-electron chi connectivity index (χ0n) is 13.6. The van der Waals surface area contributed by atoms with E-state index in [-0.39, 0.29) is 11.6 Å². The number of aromatic nitrogens is 1. The number of anilines is 1. The van der Waals surface area contributed by atoms with E-state index in [4.69, 9.17) is 5.26 Å². The number of thiazole rings is 1. The minimum Gasteiger partial charge on any atom is -0.362 e. The largest absolute Gasteiger partial charge is 0.417 e. The average Bonchev–Trinajstić information content (AvgIpc) is 3.26. The second kappa shape index (κ2) is 6.29. The van der Waals surface area contributed by atoms with Gasteiger partial charge in [0.2, 0.25) is 0 Å². The molecule has 0 radical (unpaired) electrons. The van der Waals surface area contributed by atoms with Crippen LogP contribution < -0.4 is 4.90 Å². The van der Waals surface area contributed by atoms with Gasteiger partial charge in [0.15, 0.2) is 0 Å². The fraction of sp³-hybridized carbons (Fsp3) is 0.263. The Hall–Kier alpha value is -2.59. The maximum atomic E-state index is 13.3. The lowest BCUT2D eigenvalue weighted by atomic mass is 10.1. The highest BCUT2D eigenvalue weighted by molar-refractivity contribution is 7.18. The normalized spacial score (nSPS) is 17.6. The summed E-state index contributed by atoms with van der Waals surface area (Å²) in [7, 11) is 0. The number of rotatable bonds is 2. The van der Waals surface area contributed by atoms with Crippen LogP contribution in [0.25, 0.3) is 10.2 Å². The van der Waals surface area contributed by atoms with Gasteiger partial charge in [-0.2, -0.15) is 18.4 Å². The zero-order valence-corrected chi connectivity index (χ0v) is 14.4. The van der Waals surface area contributed by atoms with E-state index in [1.54, 1.807) is 23.5 Å². The summed E-state index contributed by atoms with van der Waals surface area (Å²) in [4.78, 5) is 6.64. The highest BCUT2D eigenvalue weighted by atomic mass is 32.1. The molecule has 2 heterocycles. The van der Waals surface area contributed by atoms with E-state index in [2.05, 4.69) is 4.98 Å². The first-order chi connectivity index (χ1) is 12.5. The smallest absolute Gasteiger partial charge is 0.362 e. The molecular weight excluding hydrogens is 359 g/mol. The molecule has 1 saturated heterocycles. The van der Waals surface area contributed by atoms with E-state index in [0.29, 0.717) is 12.2 Å². The van der Waals surface area contributed by atoms with Crippen molar-refractivity contribution in [2.24, 2.45) is 0 Å². The van der Waals surface area contributed by atoms with E-state index in [0.717, 1.165) is 34.1 Å². The van der Waals surface area contributed by atoms with Crippen LogP contribution in [-0.4, -0.2) is 11.5 Å². The van der Waals surface area contributed by atoms with Gasteiger partial charge < -0.3 is 4.90 Å². The van der Waals surface area contributed by atoms with Gasteiger partial charge in [0.1, 0.15) is 5.01 Å². The molecule has 132 valence electrons. The summed E-state index contributed by atoms with van der Waals surface area (Å²) in [6.07, 6.45) is -2.81. The predicted octanol–water partition coefficient (Wildman–Crippen LogP) is 5.53. The first-order valence-corrected chi connectivity index (χ1v) is 9.02. The summed E-state index contributed by atoms with van der Waals surface area (Å²) < 4.78 is 40.9. The van der Waals surface area contributed by atoms with Crippen LogP contribution in [0.1, 0.15) is 35.0 Å². The number of alkyl halides is 3. The van der Waals surface area contributed by atoms with Gasteiger partial charge in [-0.15, -0.1) is 11.3 Å². The zero-order chi connectivity index (χ0) is 18.3. The number of hydrogen-bond donors (Lipinski definition) is 0. The fourth-order valence-electron chi connectivity index (χ4n) is 3.41. The monoisotopic (exact) mass is 373 g/mol. The topological polar surface area (TPSA) is 39.9 Å². The van der Waals surface area contributed by atoms with Gasteiger partial charge in [-0.25, -0.2) is 4.98 Å². The van der Waals surface area contributed by atoms with Crippen LogP contribution >= 0.6 is 11.3 Å². The summed E-state index contributed by atoms with van der Waals surface area (Å²) >= 11 is 1.58. The molecule has 1 atom stereocenters. The Bertz CT molecular complexity index is 970. The minimum absolute atomic E-state index is 0.0404. The Morgan fingerprint density at radius 2 is 2.00 bits per heavy atom. The van der Waals surface area contributed by atoms with Crippen molar-refractivity contribution in [2.75, 3.05) is 11.4 Å². The summed E-state index contributed by atoms with van der Waals surface area (Å²) in [5.74, 6) is 0. The van der Waals surface area contributed by atoms with Crippen LogP contribution in [0.2, 0.25) is 0 Å². The fourth-order valence-corrected chi connectivity index (χ4v) is 4.52. The van der Waals surface area contributed by atoms with E-state index in [9.17, 15) is 13.2 Å². The highest BCUT2D eigenvalue weighted by Crippen LogP contribution is 2.41. The molecule has 0 aliphatic carbocycles. The number of halogens is 3. The maximum Gasteiger partial charge on any atom is 0.417 e. The Morgan fingerprint density at radius 1 is 1.19 bits per heavy atom. The molecule has 1 aliphatic rings. The van der Waals surface area contributed by atoms with Gasteiger partial charge in [-0.3, -0.25) is 0 Å². The molecule has 4 rings (SSSR count). The van der Waals surface area contributed by atoms with Crippen molar-refractivity contribution in [1.82, 2.24) is 4.98 Å². The summed E-state index contributed by atoms with van der Waals surface area (Å²) in [5.41, 5.74) is 0.165. The van der Waals surface area contributed by atoms with Crippen molar-refractivity contribution in [3.8, 4) is 6.07 Å². The molecule has 7 heteroatoms. The lowest BCUT2D eigenvalue weighted by molar-refractivity contribution is -0.137. The Morgan fingerprint density at radius 3 is 2.73 bits per heavy atom. The Labute approximate surface area is 152 Å². The van der Waals surface area contributed by atoms with Crippen LogP contribution in [0.5, 0.6) is 0 Å². The van der Waals surface area contributed by atoms with Gasteiger partial charge in [-0.1, -0.05) is 12.1 Å². The van der Waals surface area contributed by atoms with Crippen molar-refractivity contribution in [3.05, 3.63) is 58.6 Å². The molecule has 1 unspecified atom stereocenters. The minimum atomic E-state index is -4.55. The second-order valence-corrected chi connectivity index (χ2v) is 7.27. The average molecular weight is 373 g/mol. The summed E-state index contributed by atoms with van der Waals surface area (Å²) in [5, 5.41) is 9.89. The van der Waals surface area contributed by atoms with E-state index in [1.165, 1.54) is 6.07 Å². The third kappa shape index (κ3) is 2.90. The first kappa shape index (κ1) is 16.9. The van der Waals surface area contributed by atoms with Crippen molar-refractivity contribution >= 4 is 27.2 Å². The number of fused-ring (bicyclic) bond motifs is 1.